The lowest BCUT2D eigenvalue weighted by molar-refractivity contribution is -0.134. The van der Waals surface area contributed by atoms with E-state index in [9.17, 15) is 14.0 Å². The number of carbonyl (C=O) groups is 2. The molecule has 3 rings (SSSR count). The molecule has 2 amide bonds. The number of rotatable bonds is 6. The van der Waals surface area contributed by atoms with Crippen LogP contribution in [0.2, 0.25) is 0 Å². The maximum Gasteiger partial charge on any atom is 0.248 e. The average molecular weight is 357 g/mol. The molecular weight excluding hydrogens is 337 g/mol. The van der Waals surface area contributed by atoms with Gasteiger partial charge >= 0.3 is 0 Å². The molecule has 0 unspecified atom stereocenters. The summed E-state index contributed by atoms with van der Waals surface area (Å²) in [5.74, 6) is -0.251. The van der Waals surface area contributed by atoms with E-state index < -0.39 is 11.4 Å². The van der Waals surface area contributed by atoms with Crippen molar-refractivity contribution in [2.75, 3.05) is 13.2 Å². The molecule has 2 aliphatic rings. The van der Waals surface area contributed by atoms with Gasteiger partial charge in [-0.05, 0) is 37.6 Å². The van der Waals surface area contributed by atoms with Crippen molar-refractivity contribution in [2.45, 2.75) is 25.3 Å². The molecule has 0 fully saturated rings. The number of amides is 2. The van der Waals surface area contributed by atoms with Crippen molar-refractivity contribution in [3.05, 3.63) is 54.5 Å². The summed E-state index contributed by atoms with van der Waals surface area (Å²) in [6.07, 6.45) is 7.37. The monoisotopic (exact) mass is 357 g/mol. The van der Waals surface area contributed by atoms with Gasteiger partial charge in [-0.15, -0.1) is 0 Å². The van der Waals surface area contributed by atoms with Crippen LogP contribution in [0.4, 0.5) is 4.39 Å². The van der Waals surface area contributed by atoms with E-state index >= 15 is 0 Å². The maximum atomic E-state index is 13.4. The van der Waals surface area contributed by atoms with Gasteiger partial charge in [0.15, 0.2) is 11.6 Å². The Labute approximate surface area is 151 Å². The summed E-state index contributed by atoms with van der Waals surface area (Å²) >= 11 is 0. The van der Waals surface area contributed by atoms with Gasteiger partial charge in [-0.1, -0.05) is 18.2 Å². The van der Waals surface area contributed by atoms with Gasteiger partial charge in [0.25, 0.3) is 0 Å². The molecule has 26 heavy (non-hydrogen) atoms. The smallest absolute Gasteiger partial charge is 0.248 e. The minimum absolute atomic E-state index is 0.00619. The molecule has 1 atom stereocenters. The van der Waals surface area contributed by atoms with Crippen LogP contribution in [0.1, 0.15) is 19.8 Å². The molecule has 0 spiro atoms. The zero-order valence-corrected chi connectivity index (χ0v) is 14.4. The third kappa shape index (κ3) is 3.82. The summed E-state index contributed by atoms with van der Waals surface area (Å²) in [7, 11) is 0. The Kier molecular flexibility index (Phi) is 5.16. The molecule has 1 aromatic rings. The number of aliphatic imine (C=N–C) groups is 1. The molecule has 6 nitrogen and oxygen atoms in total. The molecule has 0 bridgehead atoms. The second kappa shape index (κ2) is 7.51. The maximum absolute atomic E-state index is 13.4. The Morgan fingerprint density at radius 3 is 3.00 bits per heavy atom. The number of nitrogens with one attached hydrogen (secondary N) is 1. The number of carbonyl (C=O) groups excluding carboxylic acids is 2. The minimum Gasteiger partial charge on any atom is -0.490 e. The van der Waals surface area contributed by atoms with Crippen LogP contribution < -0.4 is 10.1 Å². The van der Waals surface area contributed by atoms with Crippen molar-refractivity contribution in [1.82, 2.24) is 10.2 Å². The number of benzene rings is 1. The molecule has 2 heterocycles. The Balaban J connectivity index is 1.50. The summed E-state index contributed by atoms with van der Waals surface area (Å²) in [6.45, 7) is 2.26. The molecule has 0 saturated carbocycles. The first-order valence-electron chi connectivity index (χ1n) is 8.42. The first-order valence-corrected chi connectivity index (χ1v) is 8.42. The van der Waals surface area contributed by atoms with E-state index in [1.54, 1.807) is 49.6 Å². The fourth-order valence-electron chi connectivity index (χ4n) is 2.75. The molecule has 0 aliphatic carbocycles. The van der Waals surface area contributed by atoms with E-state index in [1.165, 1.54) is 11.0 Å². The third-order valence-corrected chi connectivity index (χ3v) is 4.15. The lowest BCUT2D eigenvalue weighted by Crippen LogP contribution is -2.52. The molecule has 1 aromatic carbocycles. The van der Waals surface area contributed by atoms with Gasteiger partial charge in [-0.25, -0.2) is 4.39 Å². The molecule has 0 radical (unpaired) electrons. The van der Waals surface area contributed by atoms with Crippen molar-refractivity contribution in [3.8, 4) is 5.75 Å². The van der Waals surface area contributed by atoms with Crippen LogP contribution >= 0.6 is 0 Å². The van der Waals surface area contributed by atoms with E-state index in [4.69, 9.17) is 4.74 Å². The van der Waals surface area contributed by atoms with E-state index in [0.29, 0.717) is 18.8 Å². The van der Waals surface area contributed by atoms with Gasteiger partial charge in [0, 0.05) is 12.7 Å². The summed E-state index contributed by atoms with van der Waals surface area (Å²) in [5.41, 5.74) is -1.13. The number of fused-ring (bicyclic) bond motifs is 1. The fraction of sp³-hybridized carbons (Fsp3) is 0.316. The fourth-order valence-corrected chi connectivity index (χ4v) is 2.75. The topological polar surface area (TPSA) is 71.0 Å². The highest BCUT2D eigenvalue weighted by Crippen LogP contribution is 2.25. The lowest BCUT2D eigenvalue weighted by atomic mass is 9.94. The van der Waals surface area contributed by atoms with Gasteiger partial charge in [-0.3, -0.25) is 19.5 Å². The third-order valence-electron chi connectivity index (χ3n) is 4.15. The Bertz CT molecular complexity index is 803. The molecule has 2 aliphatic heterocycles. The van der Waals surface area contributed by atoms with E-state index in [2.05, 4.69) is 10.3 Å². The van der Waals surface area contributed by atoms with Gasteiger partial charge in [0.2, 0.25) is 11.8 Å². The van der Waals surface area contributed by atoms with Crippen LogP contribution in [0.15, 0.2) is 53.7 Å². The number of nitrogens with zero attached hydrogens (tertiary/aromatic N) is 2. The summed E-state index contributed by atoms with van der Waals surface area (Å²) in [6, 6.07) is 6.17. The second-order valence-corrected chi connectivity index (χ2v) is 6.27. The largest absolute Gasteiger partial charge is 0.490 e. The standard InChI is InChI=1S/C19H20FN3O3/c1-19(13-17(24)23-11-5-4-9-16(23)22-19)18(25)21-10-6-12-26-15-8-3-2-7-14(15)20/h2-5,7-9,11H,6,10,12-13H2,1H3,(H,21,25)/t19-/m0/s1. The van der Waals surface area contributed by atoms with Crippen LogP contribution in [0.5, 0.6) is 5.75 Å². The molecule has 0 aromatic heterocycles. The predicted molar refractivity (Wildman–Crippen MR) is 95.1 cm³/mol. The average Bonchev–Trinajstić information content (AvgIpc) is 2.62. The number of para-hydroxylation sites is 1. The quantitative estimate of drug-likeness (QED) is 0.794. The Morgan fingerprint density at radius 1 is 1.38 bits per heavy atom. The highest BCUT2D eigenvalue weighted by atomic mass is 19.1. The van der Waals surface area contributed by atoms with E-state index in [1.807, 2.05) is 0 Å². The van der Waals surface area contributed by atoms with Crippen LogP contribution in [-0.4, -0.2) is 41.2 Å². The molecular formula is C19H20FN3O3. The summed E-state index contributed by atoms with van der Waals surface area (Å²) < 4.78 is 18.8. The van der Waals surface area contributed by atoms with Gasteiger partial charge in [0.1, 0.15) is 11.4 Å². The molecule has 1 N–H and O–H groups in total. The number of allylic oxidation sites excluding steroid dienone is 2. The van der Waals surface area contributed by atoms with Crippen LogP contribution in [0, 0.1) is 5.82 Å². The summed E-state index contributed by atoms with van der Waals surface area (Å²) in [4.78, 5) is 30.6. The van der Waals surface area contributed by atoms with Crippen molar-refractivity contribution >= 4 is 17.6 Å². The van der Waals surface area contributed by atoms with Crippen LogP contribution in [-0.2, 0) is 9.59 Å². The zero-order valence-electron chi connectivity index (χ0n) is 14.4. The lowest BCUT2D eigenvalue weighted by Gasteiger charge is -2.34. The Hall–Kier alpha value is -2.96. The normalized spacial score (nSPS) is 21.2. The highest BCUT2D eigenvalue weighted by Gasteiger charge is 2.41. The molecule has 136 valence electrons. The van der Waals surface area contributed by atoms with Gasteiger partial charge < -0.3 is 10.1 Å². The zero-order chi connectivity index (χ0) is 18.6. The first kappa shape index (κ1) is 17.8. The minimum atomic E-state index is -1.13. The van der Waals surface area contributed by atoms with Crippen LogP contribution in [0.25, 0.3) is 0 Å². The van der Waals surface area contributed by atoms with Crippen LogP contribution in [0.3, 0.4) is 0 Å². The van der Waals surface area contributed by atoms with Crippen molar-refractivity contribution < 1.29 is 18.7 Å². The number of halogens is 1. The van der Waals surface area contributed by atoms with Gasteiger partial charge in [-0.2, -0.15) is 0 Å². The first-order chi connectivity index (χ1) is 12.5. The van der Waals surface area contributed by atoms with E-state index in [-0.39, 0.29) is 30.6 Å². The number of hydrogen-bond donors (Lipinski definition) is 1. The number of hydrogen-bond acceptors (Lipinski definition) is 4. The molecule has 0 saturated heterocycles. The number of amidine groups is 1. The van der Waals surface area contributed by atoms with Gasteiger partial charge in [0.05, 0.1) is 13.0 Å². The predicted octanol–water partition coefficient (Wildman–Crippen LogP) is 2.18. The second-order valence-electron chi connectivity index (χ2n) is 6.27. The molecule has 7 heteroatoms. The van der Waals surface area contributed by atoms with E-state index in [0.717, 1.165) is 0 Å². The van der Waals surface area contributed by atoms with Crippen molar-refractivity contribution in [3.63, 3.8) is 0 Å². The highest BCUT2D eigenvalue weighted by molar-refractivity contribution is 6.11. The van der Waals surface area contributed by atoms with Crippen molar-refractivity contribution in [1.29, 1.82) is 0 Å². The SMILES string of the molecule is C[C@@]1(C(=O)NCCCOc2ccccc2F)CC(=O)N2C=CC=CC2=N1. The van der Waals surface area contributed by atoms with Crippen molar-refractivity contribution in [2.24, 2.45) is 4.99 Å². The summed E-state index contributed by atoms with van der Waals surface area (Å²) in [5, 5.41) is 2.78. The number of ether oxygens (including phenoxy) is 1. The Morgan fingerprint density at radius 2 is 2.19 bits per heavy atom.